The van der Waals surface area contributed by atoms with Gasteiger partial charge in [0.25, 0.3) is 11.8 Å². The van der Waals surface area contributed by atoms with Crippen LogP contribution < -0.4 is 19.7 Å². The Balaban J connectivity index is 1.73. The van der Waals surface area contributed by atoms with Crippen LogP contribution in [0.25, 0.3) is 6.08 Å². The van der Waals surface area contributed by atoms with Crippen LogP contribution in [0.1, 0.15) is 21.5 Å². The smallest absolute Gasteiger partial charge is 0.343 e. The predicted molar refractivity (Wildman–Crippen MR) is 140 cm³/mol. The molecule has 4 amide bonds. The number of barbiturate groups is 1. The zero-order valence-electron chi connectivity index (χ0n) is 19.0. The molecule has 1 fully saturated rings. The van der Waals surface area contributed by atoms with E-state index in [1.165, 1.54) is 25.3 Å². The Labute approximate surface area is 223 Å². The molecule has 1 saturated heterocycles. The molecule has 8 nitrogen and oxygen atoms in total. The van der Waals surface area contributed by atoms with Crippen LogP contribution in [0, 0.1) is 6.92 Å². The minimum absolute atomic E-state index is 0.102. The van der Waals surface area contributed by atoms with Crippen molar-refractivity contribution >= 4 is 67.4 Å². The van der Waals surface area contributed by atoms with E-state index in [0.29, 0.717) is 20.3 Å². The van der Waals surface area contributed by atoms with Gasteiger partial charge in [-0.1, -0.05) is 33.6 Å². The highest BCUT2D eigenvalue weighted by atomic mass is 79.9. The molecule has 4 rings (SSSR count). The first kappa shape index (κ1) is 25.3. The van der Waals surface area contributed by atoms with Crippen LogP contribution in [-0.4, -0.2) is 30.9 Å². The molecule has 36 heavy (non-hydrogen) atoms. The summed E-state index contributed by atoms with van der Waals surface area (Å²) in [6.45, 7) is 1.90. The maximum absolute atomic E-state index is 13.3. The van der Waals surface area contributed by atoms with E-state index < -0.39 is 23.8 Å². The zero-order valence-corrected chi connectivity index (χ0v) is 22.2. The quantitative estimate of drug-likeness (QED) is 0.179. The highest BCUT2D eigenvalue weighted by molar-refractivity contribution is 9.11. The van der Waals surface area contributed by atoms with Gasteiger partial charge in [-0.2, -0.15) is 0 Å². The summed E-state index contributed by atoms with van der Waals surface area (Å²) in [6, 6.07) is 15.4. The molecule has 0 unspecified atom stereocenters. The summed E-state index contributed by atoms with van der Waals surface area (Å²) < 4.78 is 11.8. The number of ether oxygens (including phenoxy) is 2. The maximum atomic E-state index is 13.3. The fourth-order valence-corrected chi connectivity index (χ4v) is 4.75. The first-order chi connectivity index (χ1) is 17.2. The van der Waals surface area contributed by atoms with Crippen LogP contribution >= 0.6 is 31.9 Å². The molecule has 0 saturated carbocycles. The second-order valence-corrected chi connectivity index (χ2v) is 9.49. The summed E-state index contributed by atoms with van der Waals surface area (Å²) >= 11 is 6.75. The van der Waals surface area contributed by atoms with Crippen molar-refractivity contribution in [2.75, 3.05) is 12.0 Å². The molecular weight excluding hydrogens is 596 g/mol. The number of carbonyl (C=O) groups excluding carboxylic acids is 4. The van der Waals surface area contributed by atoms with Gasteiger partial charge in [0.2, 0.25) is 0 Å². The average Bonchev–Trinajstić information content (AvgIpc) is 2.84. The maximum Gasteiger partial charge on any atom is 0.343 e. The van der Waals surface area contributed by atoms with Gasteiger partial charge >= 0.3 is 12.0 Å². The monoisotopic (exact) mass is 612 g/mol. The van der Waals surface area contributed by atoms with Crippen LogP contribution in [0.5, 0.6) is 11.5 Å². The number of benzene rings is 3. The third-order valence-corrected chi connectivity index (χ3v) is 6.30. The average molecular weight is 614 g/mol. The zero-order chi connectivity index (χ0) is 26.0. The standard InChI is InChI=1S/C26H18Br2N2O6/c1-14-3-5-15(6-4-14)25(33)36-22-16(11-17(27)13-21(22)28)12-20-23(31)29-26(34)30(24(20)32)18-7-9-19(35-2)10-8-18/h3-13H,1-2H3,(H,29,31,34)/b20-12-. The molecule has 0 bridgehead atoms. The lowest BCUT2D eigenvalue weighted by molar-refractivity contribution is -0.122. The van der Waals surface area contributed by atoms with E-state index in [2.05, 4.69) is 37.2 Å². The minimum atomic E-state index is -0.881. The Morgan fingerprint density at radius 1 is 0.972 bits per heavy atom. The van der Waals surface area contributed by atoms with E-state index in [4.69, 9.17) is 9.47 Å². The molecule has 3 aromatic rings. The molecule has 1 aliphatic heterocycles. The summed E-state index contributed by atoms with van der Waals surface area (Å²) in [5.41, 5.74) is 1.51. The molecule has 0 aromatic heterocycles. The molecule has 0 aliphatic carbocycles. The van der Waals surface area contributed by atoms with Gasteiger partial charge in [0.15, 0.2) is 5.75 Å². The van der Waals surface area contributed by atoms with Crippen molar-refractivity contribution in [2.45, 2.75) is 6.92 Å². The highest BCUT2D eigenvalue weighted by Crippen LogP contribution is 2.36. The summed E-state index contributed by atoms with van der Waals surface area (Å²) in [7, 11) is 1.49. The van der Waals surface area contributed by atoms with Gasteiger partial charge in [-0.25, -0.2) is 14.5 Å². The van der Waals surface area contributed by atoms with Crippen LogP contribution in [0.15, 0.2) is 75.2 Å². The number of amides is 4. The topological polar surface area (TPSA) is 102 Å². The fourth-order valence-electron chi connectivity index (χ4n) is 3.42. The number of urea groups is 1. The van der Waals surface area contributed by atoms with Crippen LogP contribution in [0.2, 0.25) is 0 Å². The van der Waals surface area contributed by atoms with Crippen molar-refractivity contribution in [3.8, 4) is 11.5 Å². The van der Waals surface area contributed by atoms with Crippen LogP contribution in [0.3, 0.4) is 0 Å². The number of hydrogen-bond acceptors (Lipinski definition) is 6. The minimum Gasteiger partial charge on any atom is -0.497 e. The highest BCUT2D eigenvalue weighted by Gasteiger charge is 2.37. The van der Waals surface area contributed by atoms with Crippen molar-refractivity contribution in [3.05, 3.63) is 91.9 Å². The molecule has 1 N–H and O–H groups in total. The van der Waals surface area contributed by atoms with Crippen molar-refractivity contribution in [1.82, 2.24) is 5.32 Å². The van der Waals surface area contributed by atoms with Crippen LogP contribution in [-0.2, 0) is 9.59 Å². The lowest BCUT2D eigenvalue weighted by atomic mass is 10.1. The molecular formula is C26H18Br2N2O6. The summed E-state index contributed by atoms with van der Waals surface area (Å²) in [6.07, 6.45) is 1.27. The van der Waals surface area contributed by atoms with Gasteiger partial charge in [0.1, 0.15) is 11.3 Å². The van der Waals surface area contributed by atoms with Gasteiger partial charge in [-0.3, -0.25) is 14.9 Å². The third kappa shape index (κ3) is 5.24. The third-order valence-electron chi connectivity index (χ3n) is 5.25. The van der Waals surface area contributed by atoms with Gasteiger partial charge in [0.05, 0.1) is 22.8 Å². The van der Waals surface area contributed by atoms with Crippen molar-refractivity contribution in [2.24, 2.45) is 0 Å². The Kier molecular flexibility index (Phi) is 7.37. The second kappa shape index (κ2) is 10.5. The van der Waals surface area contributed by atoms with Gasteiger partial charge in [-0.05, 0) is 77.5 Å². The lowest BCUT2D eigenvalue weighted by Crippen LogP contribution is -2.54. The number of esters is 1. The van der Waals surface area contributed by atoms with E-state index in [1.807, 2.05) is 6.92 Å². The van der Waals surface area contributed by atoms with Crippen molar-refractivity contribution < 1.29 is 28.7 Å². The number of rotatable bonds is 5. The van der Waals surface area contributed by atoms with Crippen molar-refractivity contribution in [3.63, 3.8) is 0 Å². The number of imide groups is 2. The molecule has 0 radical (unpaired) electrons. The first-order valence-electron chi connectivity index (χ1n) is 10.5. The normalized spacial score (nSPS) is 14.6. The molecule has 0 spiro atoms. The van der Waals surface area contributed by atoms with E-state index in [9.17, 15) is 19.2 Å². The van der Waals surface area contributed by atoms with Gasteiger partial charge in [-0.15, -0.1) is 0 Å². The Bertz CT molecular complexity index is 1420. The van der Waals surface area contributed by atoms with E-state index in [0.717, 1.165) is 10.5 Å². The molecule has 0 atom stereocenters. The van der Waals surface area contributed by atoms with Gasteiger partial charge in [0, 0.05) is 10.0 Å². The number of nitrogens with one attached hydrogen (secondary N) is 1. The molecule has 10 heteroatoms. The number of hydrogen-bond donors (Lipinski definition) is 1. The van der Waals surface area contributed by atoms with E-state index in [-0.39, 0.29) is 22.6 Å². The number of methoxy groups -OCH3 is 1. The summed E-state index contributed by atoms with van der Waals surface area (Å²) in [5.74, 6) is -1.69. The van der Waals surface area contributed by atoms with E-state index in [1.54, 1.807) is 48.5 Å². The molecule has 182 valence electrons. The SMILES string of the molecule is COc1ccc(N2C(=O)NC(=O)/C(=C/c3cc(Br)cc(Br)c3OC(=O)c3ccc(C)cc3)C2=O)cc1. The Hall–Kier alpha value is -3.76. The summed E-state index contributed by atoms with van der Waals surface area (Å²) in [5, 5.41) is 2.17. The predicted octanol–water partition coefficient (Wildman–Crippen LogP) is 5.41. The van der Waals surface area contributed by atoms with Crippen LogP contribution in [0.4, 0.5) is 10.5 Å². The molecule has 3 aromatic carbocycles. The Morgan fingerprint density at radius 2 is 1.64 bits per heavy atom. The number of aryl methyl sites for hydroxylation is 1. The summed E-state index contributed by atoms with van der Waals surface area (Å²) in [4.78, 5) is 52.1. The number of anilines is 1. The largest absolute Gasteiger partial charge is 0.497 e. The molecule has 1 heterocycles. The number of carbonyl (C=O) groups is 4. The first-order valence-corrected chi connectivity index (χ1v) is 12.1. The van der Waals surface area contributed by atoms with Crippen molar-refractivity contribution in [1.29, 1.82) is 0 Å². The fraction of sp³-hybridized carbons (Fsp3) is 0.0769. The van der Waals surface area contributed by atoms with E-state index >= 15 is 0 Å². The lowest BCUT2D eigenvalue weighted by Gasteiger charge is -2.26. The number of nitrogens with zero attached hydrogens (tertiary/aromatic N) is 1. The number of halogens is 2. The van der Waals surface area contributed by atoms with Gasteiger partial charge < -0.3 is 9.47 Å². The molecule has 1 aliphatic rings. The second-order valence-electron chi connectivity index (χ2n) is 7.72. The Morgan fingerprint density at radius 3 is 2.28 bits per heavy atom.